The Labute approximate surface area is 141 Å². The molecule has 0 unspecified atom stereocenters. The molecular formula is C18H12F2N2O3. The minimum absolute atomic E-state index is 0.0248. The van der Waals surface area contributed by atoms with E-state index in [-0.39, 0.29) is 22.7 Å². The fourth-order valence-corrected chi connectivity index (χ4v) is 2.23. The largest absolute Gasteiger partial charge is 0.355 e. The van der Waals surface area contributed by atoms with Gasteiger partial charge in [-0.1, -0.05) is 5.16 Å². The monoisotopic (exact) mass is 342 g/mol. The number of Topliss-reactive ketones (excluding diaryl/α,β-unsaturated/α-hetero) is 1. The Morgan fingerprint density at radius 2 is 1.76 bits per heavy atom. The number of carbonyl (C=O) groups is 2. The van der Waals surface area contributed by atoms with Crippen molar-refractivity contribution < 1.29 is 22.9 Å². The van der Waals surface area contributed by atoms with Gasteiger partial charge in [0.1, 0.15) is 5.56 Å². The Kier molecular flexibility index (Phi) is 4.38. The normalized spacial score (nSPS) is 10.5. The summed E-state index contributed by atoms with van der Waals surface area (Å²) in [6.45, 7) is 1.44. The first-order chi connectivity index (χ1) is 12.0. The number of hydrogen-bond donors (Lipinski definition) is 1. The highest BCUT2D eigenvalue weighted by atomic mass is 19.2. The predicted molar refractivity (Wildman–Crippen MR) is 86.3 cm³/mol. The van der Waals surface area contributed by atoms with E-state index in [0.717, 1.165) is 12.1 Å². The lowest BCUT2D eigenvalue weighted by molar-refractivity contribution is 0.101. The molecule has 7 heteroatoms. The quantitative estimate of drug-likeness (QED) is 0.725. The number of anilines is 1. The van der Waals surface area contributed by atoms with Crippen molar-refractivity contribution in [2.24, 2.45) is 0 Å². The van der Waals surface area contributed by atoms with Gasteiger partial charge >= 0.3 is 0 Å². The molecule has 0 aliphatic rings. The molecule has 0 spiro atoms. The SMILES string of the molecule is CC(=O)c1ccc(NC(=O)c2cnoc2-c2ccc(F)c(F)c2)cc1. The number of amides is 1. The van der Waals surface area contributed by atoms with Crippen LogP contribution in [0.1, 0.15) is 27.6 Å². The van der Waals surface area contributed by atoms with E-state index in [1.165, 1.54) is 19.2 Å². The smallest absolute Gasteiger partial charge is 0.261 e. The third-order valence-corrected chi connectivity index (χ3v) is 3.55. The predicted octanol–water partition coefficient (Wildman–Crippen LogP) is 4.07. The molecule has 25 heavy (non-hydrogen) atoms. The topological polar surface area (TPSA) is 72.2 Å². The molecule has 1 heterocycles. The Balaban J connectivity index is 1.85. The second kappa shape index (κ2) is 6.64. The van der Waals surface area contributed by atoms with Crippen LogP contribution in [-0.4, -0.2) is 16.8 Å². The van der Waals surface area contributed by atoms with Gasteiger partial charge in [-0.2, -0.15) is 0 Å². The number of benzene rings is 2. The number of carbonyl (C=O) groups excluding carboxylic acids is 2. The average Bonchev–Trinajstić information content (AvgIpc) is 3.07. The van der Waals surface area contributed by atoms with Crippen LogP contribution in [0.5, 0.6) is 0 Å². The molecule has 0 aliphatic heterocycles. The van der Waals surface area contributed by atoms with Crippen LogP contribution in [0.15, 0.2) is 53.2 Å². The summed E-state index contributed by atoms with van der Waals surface area (Å²) in [5.74, 6) is -2.65. The highest BCUT2D eigenvalue weighted by molar-refractivity contribution is 6.07. The summed E-state index contributed by atoms with van der Waals surface area (Å²) in [4.78, 5) is 23.6. The Morgan fingerprint density at radius 3 is 2.40 bits per heavy atom. The van der Waals surface area contributed by atoms with Gasteiger partial charge in [-0.15, -0.1) is 0 Å². The van der Waals surface area contributed by atoms with Crippen LogP contribution in [0.3, 0.4) is 0 Å². The van der Waals surface area contributed by atoms with Crippen molar-refractivity contribution in [2.45, 2.75) is 6.92 Å². The molecule has 0 saturated carbocycles. The molecule has 0 saturated heterocycles. The van der Waals surface area contributed by atoms with Crippen molar-refractivity contribution >= 4 is 17.4 Å². The molecule has 2 aromatic carbocycles. The zero-order valence-corrected chi connectivity index (χ0v) is 13.0. The maximum Gasteiger partial charge on any atom is 0.261 e. The first kappa shape index (κ1) is 16.5. The second-order valence-electron chi connectivity index (χ2n) is 5.29. The van der Waals surface area contributed by atoms with Crippen molar-refractivity contribution in [2.75, 3.05) is 5.32 Å². The first-order valence-corrected chi connectivity index (χ1v) is 7.28. The van der Waals surface area contributed by atoms with Gasteiger partial charge in [0.05, 0.1) is 6.20 Å². The van der Waals surface area contributed by atoms with Gasteiger partial charge < -0.3 is 9.84 Å². The number of nitrogens with zero attached hydrogens (tertiary/aromatic N) is 1. The van der Waals surface area contributed by atoms with Crippen LogP contribution in [0.4, 0.5) is 14.5 Å². The number of rotatable bonds is 4. The van der Waals surface area contributed by atoms with E-state index in [9.17, 15) is 18.4 Å². The van der Waals surface area contributed by atoms with Crippen molar-refractivity contribution in [1.29, 1.82) is 0 Å². The van der Waals surface area contributed by atoms with Gasteiger partial charge in [0.15, 0.2) is 23.2 Å². The van der Waals surface area contributed by atoms with Crippen LogP contribution in [0.2, 0.25) is 0 Å². The van der Waals surface area contributed by atoms with Gasteiger partial charge in [-0.25, -0.2) is 8.78 Å². The fraction of sp³-hybridized carbons (Fsp3) is 0.0556. The summed E-state index contributed by atoms with van der Waals surface area (Å²) in [7, 11) is 0. The van der Waals surface area contributed by atoms with Crippen LogP contribution >= 0.6 is 0 Å². The Morgan fingerprint density at radius 1 is 1.04 bits per heavy atom. The standard InChI is InChI=1S/C18H12F2N2O3/c1-10(23)11-2-5-13(6-3-11)22-18(24)14-9-21-25-17(14)12-4-7-15(19)16(20)8-12/h2-9H,1H3,(H,22,24). The Hall–Kier alpha value is -3.35. The van der Waals surface area contributed by atoms with E-state index >= 15 is 0 Å². The molecule has 0 fully saturated rings. The third-order valence-electron chi connectivity index (χ3n) is 3.55. The van der Waals surface area contributed by atoms with E-state index in [0.29, 0.717) is 11.3 Å². The van der Waals surface area contributed by atoms with E-state index in [2.05, 4.69) is 10.5 Å². The molecule has 0 atom stereocenters. The summed E-state index contributed by atoms with van der Waals surface area (Å²) in [6.07, 6.45) is 1.19. The average molecular weight is 342 g/mol. The van der Waals surface area contributed by atoms with Crippen LogP contribution < -0.4 is 5.32 Å². The van der Waals surface area contributed by atoms with Crippen LogP contribution in [0, 0.1) is 11.6 Å². The maximum atomic E-state index is 13.4. The molecule has 1 aromatic heterocycles. The zero-order valence-electron chi connectivity index (χ0n) is 13.0. The van der Waals surface area contributed by atoms with Crippen LogP contribution in [-0.2, 0) is 0 Å². The number of nitrogens with one attached hydrogen (secondary N) is 1. The number of hydrogen-bond acceptors (Lipinski definition) is 4. The maximum absolute atomic E-state index is 13.4. The number of aromatic nitrogens is 1. The summed E-state index contributed by atoms with van der Waals surface area (Å²) in [5, 5.41) is 6.18. The second-order valence-corrected chi connectivity index (χ2v) is 5.29. The Bertz CT molecular complexity index is 949. The highest BCUT2D eigenvalue weighted by Gasteiger charge is 2.19. The molecule has 0 bridgehead atoms. The molecule has 1 amide bonds. The van der Waals surface area contributed by atoms with Crippen molar-refractivity contribution in [3.05, 3.63) is 71.4 Å². The summed E-state index contributed by atoms with van der Waals surface area (Å²) in [5.41, 5.74) is 1.24. The zero-order chi connectivity index (χ0) is 18.0. The minimum atomic E-state index is -1.06. The van der Waals surface area contributed by atoms with Crippen LogP contribution in [0.25, 0.3) is 11.3 Å². The molecule has 0 radical (unpaired) electrons. The molecule has 1 N–H and O–H groups in total. The van der Waals surface area contributed by atoms with Crippen molar-refractivity contribution in [3.63, 3.8) is 0 Å². The van der Waals surface area contributed by atoms with Gasteiger partial charge in [0, 0.05) is 16.8 Å². The third kappa shape index (κ3) is 3.45. The lowest BCUT2D eigenvalue weighted by atomic mass is 10.1. The number of ketones is 1. The molecule has 3 rings (SSSR count). The van der Waals surface area contributed by atoms with Crippen molar-refractivity contribution in [3.8, 4) is 11.3 Å². The first-order valence-electron chi connectivity index (χ1n) is 7.28. The summed E-state index contributed by atoms with van der Waals surface area (Å²) in [6, 6.07) is 9.49. The summed E-state index contributed by atoms with van der Waals surface area (Å²) >= 11 is 0. The van der Waals surface area contributed by atoms with Crippen molar-refractivity contribution in [1.82, 2.24) is 5.16 Å². The van der Waals surface area contributed by atoms with Gasteiger partial charge in [0.25, 0.3) is 5.91 Å². The van der Waals surface area contributed by atoms with Gasteiger partial charge in [-0.05, 0) is 49.4 Å². The fourth-order valence-electron chi connectivity index (χ4n) is 2.23. The van der Waals surface area contributed by atoms with Gasteiger partial charge in [-0.3, -0.25) is 9.59 Å². The molecule has 0 aliphatic carbocycles. The number of halogens is 2. The molecule has 3 aromatic rings. The van der Waals surface area contributed by atoms with E-state index in [1.54, 1.807) is 24.3 Å². The van der Waals surface area contributed by atoms with E-state index in [4.69, 9.17) is 4.52 Å². The van der Waals surface area contributed by atoms with Gasteiger partial charge in [0.2, 0.25) is 0 Å². The summed E-state index contributed by atoms with van der Waals surface area (Å²) < 4.78 is 31.5. The minimum Gasteiger partial charge on any atom is -0.355 e. The van der Waals surface area contributed by atoms with E-state index in [1.807, 2.05) is 0 Å². The molecular weight excluding hydrogens is 330 g/mol. The highest BCUT2D eigenvalue weighted by Crippen LogP contribution is 2.26. The molecule has 126 valence electrons. The lowest BCUT2D eigenvalue weighted by Crippen LogP contribution is -2.12. The van der Waals surface area contributed by atoms with E-state index < -0.39 is 17.5 Å². The molecule has 5 nitrogen and oxygen atoms in total. The lowest BCUT2D eigenvalue weighted by Gasteiger charge is -2.06.